The van der Waals surface area contributed by atoms with Crippen molar-refractivity contribution >= 4 is 28.8 Å². The van der Waals surface area contributed by atoms with Gasteiger partial charge in [-0.15, -0.1) is 0 Å². The Morgan fingerprint density at radius 2 is 1.86 bits per heavy atom. The Balaban J connectivity index is 2.16. The molecular formula is C15H14FN3O2S. The van der Waals surface area contributed by atoms with Crippen molar-refractivity contribution in [1.82, 2.24) is 0 Å². The van der Waals surface area contributed by atoms with Crippen LogP contribution in [-0.4, -0.2) is 22.6 Å². The lowest BCUT2D eigenvalue weighted by atomic mass is 10.1. The van der Waals surface area contributed by atoms with Crippen molar-refractivity contribution in [3.8, 4) is 0 Å². The molecule has 0 radical (unpaired) electrons. The fraction of sp³-hybridized carbons (Fsp3) is 0.133. The van der Waals surface area contributed by atoms with Gasteiger partial charge in [0, 0.05) is 17.9 Å². The first-order chi connectivity index (χ1) is 10.6. The normalized spacial score (nSPS) is 11.3. The number of nitro benzene ring substituents is 1. The zero-order valence-electron chi connectivity index (χ0n) is 11.8. The molecule has 0 heterocycles. The van der Waals surface area contributed by atoms with E-state index in [2.05, 4.69) is 10.5 Å². The van der Waals surface area contributed by atoms with Crippen molar-refractivity contribution in [2.24, 2.45) is 5.10 Å². The van der Waals surface area contributed by atoms with Crippen LogP contribution in [0.4, 0.5) is 15.8 Å². The number of non-ortho nitro benzene ring substituents is 1. The Morgan fingerprint density at radius 3 is 2.41 bits per heavy atom. The van der Waals surface area contributed by atoms with Crippen LogP contribution < -0.4 is 5.43 Å². The number of benzene rings is 2. The number of hydrogen-bond acceptors (Lipinski definition) is 5. The van der Waals surface area contributed by atoms with E-state index < -0.39 is 4.92 Å². The number of thioether (sulfide) groups is 1. The lowest BCUT2D eigenvalue weighted by Crippen LogP contribution is -2.07. The van der Waals surface area contributed by atoms with E-state index in [9.17, 15) is 14.5 Å². The van der Waals surface area contributed by atoms with Crippen LogP contribution in [0.2, 0.25) is 0 Å². The molecule has 22 heavy (non-hydrogen) atoms. The Labute approximate surface area is 131 Å². The topological polar surface area (TPSA) is 67.5 Å². The second-order valence-electron chi connectivity index (χ2n) is 4.41. The Bertz CT molecular complexity index is 672. The van der Waals surface area contributed by atoms with Crippen molar-refractivity contribution in [2.75, 3.05) is 17.4 Å². The average Bonchev–Trinajstić information content (AvgIpc) is 2.53. The van der Waals surface area contributed by atoms with Gasteiger partial charge in [0.15, 0.2) is 0 Å². The Kier molecular flexibility index (Phi) is 5.48. The van der Waals surface area contributed by atoms with Crippen LogP contribution >= 0.6 is 11.8 Å². The molecule has 0 aliphatic heterocycles. The van der Waals surface area contributed by atoms with Gasteiger partial charge in [-0.05, 0) is 36.1 Å². The van der Waals surface area contributed by atoms with Gasteiger partial charge in [-0.25, -0.2) is 4.39 Å². The number of nitrogens with one attached hydrogen (secondary N) is 1. The Hall–Kier alpha value is -2.41. The zero-order chi connectivity index (χ0) is 15.9. The Morgan fingerprint density at radius 1 is 1.23 bits per heavy atom. The second kappa shape index (κ2) is 7.56. The number of nitro groups is 1. The maximum Gasteiger partial charge on any atom is 0.269 e. The standard InChI is InChI=1S/C15H14FN3O2S/c1-22-10-15(11-2-4-12(16)5-3-11)18-17-13-6-8-14(9-7-13)19(20)21/h2-9,17H,10H2,1H3. The largest absolute Gasteiger partial charge is 0.278 e. The van der Waals surface area contributed by atoms with Crippen molar-refractivity contribution < 1.29 is 9.31 Å². The highest BCUT2D eigenvalue weighted by Crippen LogP contribution is 2.16. The molecule has 0 aliphatic carbocycles. The lowest BCUT2D eigenvalue weighted by Gasteiger charge is -2.07. The highest BCUT2D eigenvalue weighted by atomic mass is 32.2. The fourth-order valence-electron chi connectivity index (χ4n) is 1.75. The van der Waals surface area contributed by atoms with Gasteiger partial charge in [0.2, 0.25) is 0 Å². The van der Waals surface area contributed by atoms with E-state index in [0.717, 1.165) is 11.3 Å². The molecule has 0 aromatic heterocycles. The van der Waals surface area contributed by atoms with Gasteiger partial charge in [0.05, 0.1) is 16.3 Å². The summed E-state index contributed by atoms with van der Waals surface area (Å²) in [6.07, 6.45) is 1.95. The number of rotatable bonds is 6. The molecule has 7 heteroatoms. The van der Waals surface area contributed by atoms with Crippen LogP contribution in [0.25, 0.3) is 0 Å². The summed E-state index contributed by atoms with van der Waals surface area (Å²) in [5, 5.41) is 14.9. The molecule has 0 amide bonds. The third-order valence-electron chi connectivity index (χ3n) is 2.86. The molecule has 0 saturated heterocycles. The third kappa shape index (κ3) is 4.29. The van der Waals surface area contributed by atoms with E-state index in [1.807, 2.05) is 6.26 Å². The van der Waals surface area contributed by atoms with Crippen molar-refractivity contribution in [3.05, 3.63) is 70.0 Å². The maximum atomic E-state index is 13.0. The second-order valence-corrected chi connectivity index (χ2v) is 5.28. The molecular weight excluding hydrogens is 305 g/mol. The summed E-state index contributed by atoms with van der Waals surface area (Å²) in [6.45, 7) is 0. The first-order valence-corrected chi connectivity index (χ1v) is 7.81. The molecule has 5 nitrogen and oxygen atoms in total. The first kappa shape index (κ1) is 16.0. The number of anilines is 1. The molecule has 2 aromatic carbocycles. The van der Waals surface area contributed by atoms with Crippen LogP contribution in [0.5, 0.6) is 0 Å². The molecule has 2 rings (SSSR count). The lowest BCUT2D eigenvalue weighted by molar-refractivity contribution is -0.384. The monoisotopic (exact) mass is 319 g/mol. The summed E-state index contributed by atoms with van der Waals surface area (Å²) in [6, 6.07) is 12.1. The van der Waals surface area contributed by atoms with Gasteiger partial charge < -0.3 is 0 Å². The minimum Gasteiger partial charge on any atom is -0.278 e. The number of halogens is 1. The van der Waals surface area contributed by atoms with Crippen LogP contribution in [0.1, 0.15) is 5.56 Å². The first-order valence-electron chi connectivity index (χ1n) is 6.42. The fourth-order valence-corrected chi connectivity index (χ4v) is 2.25. The summed E-state index contributed by atoms with van der Waals surface area (Å²) in [5.74, 6) is 0.363. The predicted molar refractivity (Wildman–Crippen MR) is 88.0 cm³/mol. The summed E-state index contributed by atoms with van der Waals surface area (Å²) in [5.41, 5.74) is 5.13. The van der Waals surface area contributed by atoms with E-state index in [4.69, 9.17) is 0 Å². The van der Waals surface area contributed by atoms with Gasteiger partial charge in [-0.3, -0.25) is 15.5 Å². The van der Waals surface area contributed by atoms with Crippen LogP contribution in [0.15, 0.2) is 53.6 Å². The van der Waals surface area contributed by atoms with Crippen LogP contribution in [0.3, 0.4) is 0 Å². The maximum absolute atomic E-state index is 13.0. The van der Waals surface area contributed by atoms with Gasteiger partial charge in [-0.1, -0.05) is 12.1 Å². The highest BCUT2D eigenvalue weighted by Gasteiger charge is 2.05. The molecule has 1 N–H and O–H groups in total. The van der Waals surface area contributed by atoms with Crippen LogP contribution in [-0.2, 0) is 0 Å². The summed E-state index contributed by atoms with van der Waals surface area (Å²) >= 11 is 1.60. The summed E-state index contributed by atoms with van der Waals surface area (Å²) in [7, 11) is 0. The molecule has 0 fully saturated rings. The highest BCUT2D eigenvalue weighted by molar-refractivity contribution is 7.99. The SMILES string of the molecule is CSCC(=NNc1ccc([N+](=O)[O-])cc1)c1ccc(F)cc1. The average molecular weight is 319 g/mol. The molecule has 0 saturated carbocycles. The molecule has 0 bridgehead atoms. The van der Waals surface area contributed by atoms with Crippen molar-refractivity contribution in [3.63, 3.8) is 0 Å². The number of hydrazone groups is 1. The quantitative estimate of drug-likeness (QED) is 0.498. The smallest absolute Gasteiger partial charge is 0.269 e. The molecule has 2 aromatic rings. The van der Waals surface area contributed by atoms with Gasteiger partial charge >= 0.3 is 0 Å². The molecule has 0 aliphatic rings. The van der Waals surface area contributed by atoms with E-state index in [1.54, 1.807) is 36.0 Å². The van der Waals surface area contributed by atoms with Crippen LogP contribution in [0, 0.1) is 15.9 Å². The van der Waals surface area contributed by atoms with E-state index in [-0.39, 0.29) is 11.5 Å². The van der Waals surface area contributed by atoms with E-state index >= 15 is 0 Å². The molecule has 114 valence electrons. The van der Waals surface area contributed by atoms with Crippen molar-refractivity contribution in [2.45, 2.75) is 0 Å². The molecule has 0 unspecified atom stereocenters. The van der Waals surface area contributed by atoms with Gasteiger partial charge in [-0.2, -0.15) is 16.9 Å². The number of hydrogen-bond donors (Lipinski definition) is 1. The third-order valence-corrected chi connectivity index (χ3v) is 3.42. The molecule has 0 atom stereocenters. The molecule has 0 spiro atoms. The van der Waals surface area contributed by atoms with Crippen molar-refractivity contribution in [1.29, 1.82) is 0 Å². The van der Waals surface area contributed by atoms with Gasteiger partial charge in [0.25, 0.3) is 5.69 Å². The predicted octanol–water partition coefficient (Wildman–Crippen LogP) is 3.91. The van der Waals surface area contributed by atoms with E-state index in [0.29, 0.717) is 11.4 Å². The number of nitrogens with zero attached hydrogens (tertiary/aromatic N) is 2. The summed E-state index contributed by atoms with van der Waals surface area (Å²) < 4.78 is 13.0. The summed E-state index contributed by atoms with van der Waals surface area (Å²) in [4.78, 5) is 10.1. The minimum absolute atomic E-state index is 0.0254. The van der Waals surface area contributed by atoms with Gasteiger partial charge in [0.1, 0.15) is 5.82 Å². The van der Waals surface area contributed by atoms with E-state index in [1.165, 1.54) is 24.3 Å². The zero-order valence-corrected chi connectivity index (χ0v) is 12.6. The minimum atomic E-state index is -0.454.